The van der Waals surface area contributed by atoms with Crippen molar-refractivity contribution in [2.75, 3.05) is 24.7 Å². The van der Waals surface area contributed by atoms with Crippen molar-refractivity contribution in [3.05, 3.63) is 42.4 Å². The monoisotopic (exact) mass is 307 g/mol. The number of sulfone groups is 1. The van der Waals surface area contributed by atoms with Crippen LogP contribution in [0.2, 0.25) is 0 Å². The molecule has 7 heteroatoms. The first-order valence-electron chi connectivity index (χ1n) is 6.40. The average Bonchev–Trinajstić information content (AvgIpc) is 2.43. The van der Waals surface area contributed by atoms with Crippen molar-refractivity contribution in [3.8, 4) is 5.75 Å². The first-order valence-corrected chi connectivity index (χ1v) is 8.30. The highest BCUT2D eigenvalue weighted by Gasteiger charge is 2.06. The molecule has 112 valence electrons. The number of benzene rings is 1. The number of rotatable bonds is 6. The molecule has 2 rings (SSSR count). The fraction of sp³-hybridized carbons (Fsp3) is 0.286. The summed E-state index contributed by atoms with van der Waals surface area (Å²) in [5, 5.41) is 3.10. The van der Waals surface area contributed by atoms with Gasteiger partial charge in [-0.25, -0.2) is 13.4 Å². The molecule has 0 unspecified atom stereocenters. The van der Waals surface area contributed by atoms with E-state index in [0.717, 1.165) is 5.69 Å². The number of anilines is 1. The minimum absolute atomic E-state index is 0.281. The Bertz CT molecular complexity index is 700. The molecule has 6 nitrogen and oxygen atoms in total. The molecule has 0 saturated carbocycles. The van der Waals surface area contributed by atoms with Crippen molar-refractivity contribution in [1.82, 2.24) is 9.97 Å². The zero-order valence-corrected chi connectivity index (χ0v) is 12.7. The average molecular weight is 307 g/mol. The van der Waals surface area contributed by atoms with Crippen LogP contribution in [-0.4, -0.2) is 37.8 Å². The van der Waals surface area contributed by atoms with E-state index in [4.69, 9.17) is 4.74 Å². The van der Waals surface area contributed by atoms with Gasteiger partial charge in [0.25, 0.3) is 0 Å². The van der Waals surface area contributed by atoms with E-state index in [-0.39, 0.29) is 4.90 Å². The summed E-state index contributed by atoms with van der Waals surface area (Å²) in [6, 6.07) is 6.35. The molecule has 0 spiro atoms. The Morgan fingerprint density at radius 1 is 1.19 bits per heavy atom. The summed E-state index contributed by atoms with van der Waals surface area (Å²) < 4.78 is 28.2. The Hall–Kier alpha value is -2.15. The molecule has 0 amide bonds. The summed E-state index contributed by atoms with van der Waals surface area (Å²) in [5.74, 6) is 1.32. The largest absolute Gasteiger partial charge is 0.492 e. The van der Waals surface area contributed by atoms with Crippen molar-refractivity contribution in [3.63, 3.8) is 0 Å². The van der Waals surface area contributed by atoms with E-state index in [0.29, 0.717) is 24.7 Å². The zero-order valence-electron chi connectivity index (χ0n) is 11.9. The Morgan fingerprint density at radius 3 is 2.52 bits per heavy atom. The summed E-state index contributed by atoms with van der Waals surface area (Å²) in [5.41, 5.74) is 0.845. The van der Waals surface area contributed by atoms with Gasteiger partial charge in [0.1, 0.15) is 18.2 Å². The predicted octanol–water partition coefficient (Wildman–Crippen LogP) is 1.68. The minimum Gasteiger partial charge on any atom is -0.492 e. The van der Waals surface area contributed by atoms with E-state index in [9.17, 15) is 8.42 Å². The topological polar surface area (TPSA) is 81.2 Å². The van der Waals surface area contributed by atoms with Crippen LogP contribution >= 0.6 is 0 Å². The van der Waals surface area contributed by atoms with Gasteiger partial charge in [0.2, 0.25) is 0 Å². The molecule has 0 bridgehead atoms. The third-order valence-electron chi connectivity index (χ3n) is 2.68. The molecule has 0 aliphatic heterocycles. The van der Waals surface area contributed by atoms with E-state index < -0.39 is 9.84 Å². The van der Waals surface area contributed by atoms with E-state index in [1.165, 1.54) is 18.4 Å². The molecule has 0 aliphatic carbocycles. The molecule has 1 heterocycles. The van der Waals surface area contributed by atoms with Gasteiger partial charge < -0.3 is 10.1 Å². The zero-order chi connectivity index (χ0) is 15.3. The third-order valence-corrected chi connectivity index (χ3v) is 3.81. The lowest BCUT2D eigenvalue weighted by Crippen LogP contribution is -2.12. The smallest absolute Gasteiger partial charge is 0.175 e. The number of aryl methyl sites for hydroxylation is 1. The summed E-state index contributed by atoms with van der Waals surface area (Å²) in [6.07, 6.45) is 4.51. The van der Waals surface area contributed by atoms with Crippen LogP contribution in [0.3, 0.4) is 0 Å². The van der Waals surface area contributed by atoms with Crippen LogP contribution in [0.5, 0.6) is 5.75 Å². The van der Waals surface area contributed by atoms with Crippen LogP contribution in [0.4, 0.5) is 5.82 Å². The molecule has 1 aromatic carbocycles. The van der Waals surface area contributed by atoms with E-state index in [1.807, 2.05) is 6.92 Å². The quantitative estimate of drug-likeness (QED) is 0.818. The number of ether oxygens (including phenoxy) is 1. The summed E-state index contributed by atoms with van der Waals surface area (Å²) >= 11 is 0. The number of nitrogens with one attached hydrogen (secondary N) is 1. The van der Waals surface area contributed by atoms with Gasteiger partial charge in [-0.15, -0.1) is 0 Å². The number of aromatic nitrogens is 2. The van der Waals surface area contributed by atoms with Crippen LogP contribution in [0.15, 0.2) is 41.6 Å². The maximum Gasteiger partial charge on any atom is 0.175 e. The standard InChI is InChI=1S/C14H17N3O3S/c1-11-9-15-10-14(17-11)16-7-8-20-12-3-5-13(6-4-12)21(2,18)19/h3-6,9-10H,7-8H2,1-2H3,(H,16,17). The minimum atomic E-state index is -3.17. The van der Waals surface area contributed by atoms with Crippen LogP contribution < -0.4 is 10.1 Å². The fourth-order valence-electron chi connectivity index (χ4n) is 1.68. The van der Waals surface area contributed by atoms with Gasteiger partial charge >= 0.3 is 0 Å². The lowest BCUT2D eigenvalue weighted by molar-refractivity contribution is 0.332. The summed E-state index contributed by atoms with van der Waals surface area (Å²) in [4.78, 5) is 8.57. The Morgan fingerprint density at radius 2 is 1.90 bits per heavy atom. The first-order chi connectivity index (χ1) is 9.95. The fourth-order valence-corrected chi connectivity index (χ4v) is 2.31. The van der Waals surface area contributed by atoms with E-state index in [1.54, 1.807) is 24.5 Å². The molecule has 0 atom stereocenters. The highest BCUT2D eigenvalue weighted by atomic mass is 32.2. The van der Waals surface area contributed by atoms with Gasteiger partial charge in [0.15, 0.2) is 9.84 Å². The second kappa shape index (κ2) is 6.53. The predicted molar refractivity (Wildman–Crippen MR) is 80.3 cm³/mol. The van der Waals surface area contributed by atoms with Crippen molar-refractivity contribution in [2.24, 2.45) is 0 Å². The highest BCUT2D eigenvalue weighted by Crippen LogP contribution is 2.15. The van der Waals surface area contributed by atoms with Crippen LogP contribution in [-0.2, 0) is 9.84 Å². The van der Waals surface area contributed by atoms with Gasteiger partial charge in [0, 0.05) is 12.5 Å². The van der Waals surface area contributed by atoms with Gasteiger partial charge in [-0.2, -0.15) is 0 Å². The third kappa shape index (κ3) is 4.71. The molecule has 2 aromatic rings. The Kier molecular flexibility index (Phi) is 4.74. The second-order valence-corrected chi connectivity index (χ2v) is 6.58. The van der Waals surface area contributed by atoms with Crippen LogP contribution in [0.25, 0.3) is 0 Å². The SMILES string of the molecule is Cc1cncc(NCCOc2ccc(S(C)(=O)=O)cc2)n1. The number of hydrogen-bond acceptors (Lipinski definition) is 6. The lowest BCUT2D eigenvalue weighted by atomic mass is 10.3. The molecule has 0 radical (unpaired) electrons. The number of nitrogens with zero attached hydrogens (tertiary/aromatic N) is 2. The van der Waals surface area contributed by atoms with Crippen molar-refractivity contribution >= 4 is 15.7 Å². The van der Waals surface area contributed by atoms with Gasteiger partial charge in [0.05, 0.1) is 23.3 Å². The molecular formula is C14H17N3O3S. The van der Waals surface area contributed by atoms with E-state index >= 15 is 0 Å². The van der Waals surface area contributed by atoms with Gasteiger partial charge in [-0.3, -0.25) is 4.98 Å². The Balaban J connectivity index is 1.81. The second-order valence-electron chi connectivity index (χ2n) is 4.56. The van der Waals surface area contributed by atoms with Gasteiger partial charge in [-0.1, -0.05) is 0 Å². The molecule has 1 N–H and O–H groups in total. The molecule has 21 heavy (non-hydrogen) atoms. The summed E-state index contributed by atoms with van der Waals surface area (Å²) in [6.45, 7) is 2.89. The Labute approximate surface area is 124 Å². The lowest BCUT2D eigenvalue weighted by Gasteiger charge is -2.08. The molecule has 0 aliphatic rings. The van der Waals surface area contributed by atoms with Gasteiger partial charge in [-0.05, 0) is 31.2 Å². The first kappa shape index (κ1) is 15.2. The molecule has 1 aromatic heterocycles. The normalized spacial score (nSPS) is 11.1. The summed E-state index contributed by atoms with van der Waals surface area (Å²) in [7, 11) is -3.17. The maximum absolute atomic E-state index is 11.3. The van der Waals surface area contributed by atoms with Crippen molar-refractivity contribution in [2.45, 2.75) is 11.8 Å². The van der Waals surface area contributed by atoms with E-state index in [2.05, 4.69) is 15.3 Å². The molecule has 0 fully saturated rings. The molecular weight excluding hydrogens is 290 g/mol. The van der Waals surface area contributed by atoms with Crippen molar-refractivity contribution in [1.29, 1.82) is 0 Å². The van der Waals surface area contributed by atoms with Crippen molar-refractivity contribution < 1.29 is 13.2 Å². The van der Waals surface area contributed by atoms with Crippen LogP contribution in [0, 0.1) is 6.92 Å². The number of hydrogen-bond donors (Lipinski definition) is 1. The highest BCUT2D eigenvalue weighted by molar-refractivity contribution is 7.90. The maximum atomic E-state index is 11.3. The van der Waals surface area contributed by atoms with Crippen LogP contribution in [0.1, 0.15) is 5.69 Å². The molecule has 0 saturated heterocycles.